The van der Waals surface area contributed by atoms with E-state index in [9.17, 15) is 0 Å². The monoisotopic (exact) mass is 675 g/mol. The predicted octanol–water partition coefficient (Wildman–Crippen LogP) is 11.5. The van der Waals surface area contributed by atoms with Gasteiger partial charge in [0.1, 0.15) is 11.3 Å². The summed E-state index contributed by atoms with van der Waals surface area (Å²) >= 11 is 1.71. The summed E-state index contributed by atoms with van der Waals surface area (Å²) in [5.41, 5.74) is 7.95. The summed E-state index contributed by atoms with van der Waals surface area (Å²) in [6, 6.07) is 44.7. The number of nitrogens with zero attached hydrogens (tertiary/aromatic N) is 5. The van der Waals surface area contributed by atoms with Crippen LogP contribution in [0.2, 0.25) is 0 Å². The number of benzene rings is 5. The lowest BCUT2D eigenvalue weighted by molar-refractivity contribution is 0.603. The molecule has 0 saturated heterocycles. The first-order valence-electron chi connectivity index (χ1n) is 16.7. The summed E-state index contributed by atoms with van der Waals surface area (Å²) in [6.07, 6.45) is 3.78. The van der Waals surface area contributed by atoms with Crippen molar-refractivity contribution in [3.63, 3.8) is 0 Å². The third-order valence-electron chi connectivity index (χ3n) is 8.93. The maximum atomic E-state index is 6.56. The molecule has 0 fully saturated rings. The highest BCUT2D eigenvalue weighted by Crippen LogP contribution is 2.42. The van der Waals surface area contributed by atoms with Crippen LogP contribution >= 0.6 is 11.3 Å². The first kappa shape index (κ1) is 30.5. The molecule has 0 aliphatic carbocycles. The van der Waals surface area contributed by atoms with Crippen molar-refractivity contribution in [1.29, 1.82) is 0 Å². The van der Waals surface area contributed by atoms with Crippen molar-refractivity contribution in [1.82, 2.24) is 24.9 Å². The van der Waals surface area contributed by atoms with Gasteiger partial charge in [0.05, 0.1) is 15.9 Å². The average Bonchev–Trinajstić information content (AvgIpc) is 3.77. The van der Waals surface area contributed by atoms with Gasteiger partial charge in [0, 0.05) is 48.9 Å². The highest BCUT2D eigenvalue weighted by Gasteiger charge is 2.23. The fraction of sp³-hybridized carbons (Fsp3) is 0.0227. The number of aromatic nitrogens is 5. The molecule has 0 aliphatic heterocycles. The van der Waals surface area contributed by atoms with E-state index in [4.69, 9.17) is 29.3 Å². The molecule has 0 atom stereocenters. The lowest BCUT2D eigenvalue weighted by Crippen LogP contribution is -2.04. The molecule has 0 amide bonds. The van der Waals surface area contributed by atoms with Crippen molar-refractivity contribution in [2.24, 2.45) is 0 Å². The van der Waals surface area contributed by atoms with Crippen molar-refractivity contribution in [2.45, 2.75) is 6.92 Å². The third kappa shape index (κ3) is 5.41. The number of rotatable bonds is 7. The molecule has 0 radical (unpaired) electrons. The molecule has 0 aliphatic rings. The Morgan fingerprint density at radius 2 is 1.20 bits per heavy atom. The molecule has 9 rings (SSSR count). The van der Waals surface area contributed by atoms with E-state index in [1.807, 2.05) is 104 Å². The van der Waals surface area contributed by atoms with Crippen molar-refractivity contribution in [2.75, 3.05) is 0 Å². The molecule has 4 aromatic heterocycles. The van der Waals surface area contributed by atoms with E-state index in [0.29, 0.717) is 34.6 Å². The van der Waals surface area contributed by atoms with Gasteiger partial charge < -0.3 is 4.42 Å². The van der Waals surface area contributed by atoms with Crippen molar-refractivity contribution in [3.8, 4) is 45.4 Å². The SMILES string of the molecule is C=Cc1oc2cc(-c3nc(-c4ccccc4)nc4c3sc3ccccc34)ccc2c1/C(=C\C)c1nc(-c2ccccc2)nc(-c2ccccc2)n1. The van der Waals surface area contributed by atoms with Gasteiger partial charge in [-0.05, 0) is 31.2 Å². The topological polar surface area (TPSA) is 77.6 Å². The summed E-state index contributed by atoms with van der Waals surface area (Å²) in [5, 5.41) is 2.04. The minimum atomic E-state index is 0.551. The molecule has 0 N–H and O–H groups in total. The Morgan fingerprint density at radius 3 is 1.80 bits per heavy atom. The van der Waals surface area contributed by atoms with Crippen LogP contribution in [0.5, 0.6) is 0 Å². The Balaban J connectivity index is 1.22. The van der Waals surface area contributed by atoms with Gasteiger partial charge in [0.15, 0.2) is 23.3 Å². The van der Waals surface area contributed by atoms with Crippen LogP contribution in [0.15, 0.2) is 151 Å². The maximum Gasteiger partial charge on any atom is 0.164 e. The van der Waals surface area contributed by atoms with Gasteiger partial charge in [-0.2, -0.15) is 0 Å². The largest absolute Gasteiger partial charge is 0.456 e. The van der Waals surface area contributed by atoms with Crippen LogP contribution in [0.1, 0.15) is 24.1 Å². The Labute approximate surface area is 298 Å². The Hall–Kier alpha value is -6.57. The molecule has 4 heterocycles. The second kappa shape index (κ2) is 12.7. The highest BCUT2D eigenvalue weighted by molar-refractivity contribution is 7.26. The average molecular weight is 676 g/mol. The normalized spacial score (nSPS) is 11.8. The van der Waals surface area contributed by atoms with Gasteiger partial charge in [-0.3, -0.25) is 0 Å². The summed E-state index contributed by atoms with van der Waals surface area (Å²) in [4.78, 5) is 25.2. The van der Waals surface area contributed by atoms with E-state index in [2.05, 4.69) is 49.0 Å². The van der Waals surface area contributed by atoms with E-state index in [0.717, 1.165) is 60.1 Å². The molecule has 242 valence electrons. The van der Waals surface area contributed by atoms with Crippen LogP contribution in [-0.4, -0.2) is 24.9 Å². The number of furan rings is 1. The minimum absolute atomic E-state index is 0.551. The summed E-state index contributed by atoms with van der Waals surface area (Å²) in [7, 11) is 0. The van der Waals surface area contributed by atoms with Gasteiger partial charge in [-0.1, -0.05) is 128 Å². The van der Waals surface area contributed by atoms with Gasteiger partial charge in [-0.15, -0.1) is 11.3 Å². The van der Waals surface area contributed by atoms with E-state index in [1.165, 1.54) is 4.70 Å². The summed E-state index contributed by atoms with van der Waals surface area (Å²) in [5.74, 6) is 3.06. The van der Waals surface area contributed by atoms with Crippen molar-refractivity contribution < 1.29 is 4.42 Å². The number of fused-ring (bicyclic) bond motifs is 4. The molecule has 0 spiro atoms. The maximum absolute atomic E-state index is 6.56. The molecule has 51 heavy (non-hydrogen) atoms. The third-order valence-corrected chi connectivity index (χ3v) is 10.1. The molecule has 0 saturated carbocycles. The highest BCUT2D eigenvalue weighted by atomic mass is 32.1. The smallest absolute Gasteiger partial charge is 0.164 e. The van der Waals surface area contributed by atoms with Crippen LogP contribution in [0, 0.1) is 0 Å². The summed E-state index contributed by atoms with van der Waals surface area (Å²) in [6.45, 7) is 6.12. The quantitative estimate of drug-likeness (QED) is 0.167. The zero-order chi connectivity index (χ0) is 34.3. The van der Waals surface area contributed by atoms with Crippen LogP contribution in [0.3, 0.4) is 0 Å². The van der Waals surface area contributed by atoms with Gasteiger partial charge in [0.2, 0.25) is 0 Å². The van der Waals surface area contributed by atoms with Crippen LogP contribution in [0.4, 0.5) is 0 Å². The number of hydrogen-bond acceptors (Lipinski definition) is 7. The number of hydrogen-bond donors (Lipinski definition) is 0. The summed E-state index contributed by atoms with van der Waals surface area (Å²) < 4.78 is 8.76. The molecular formula is C44H29N5OS. The Bertz CT molecular complexity index is 2710. The molecule has 9 aromatic rings. The Morgan fingerprint density at radius 1 is 0.608 bits per heavy atom. The zero-order valence-corrected chi connectivity index (χ0v) is 28.4. The second-order valence-electron chi connectivity index (χ2n) is 12.0. The standard InChI is InChI=1S/C44H29N5OS/c1-3-31(44-48-42(28-18-10-6-11-19-28)47-43(49-44)29-20-12-7-13-21-29)37-32-25-24-30(26-35(32)50-34(37)4-2)38-40-39(33-22-14-15-23-36(33)51-40)46-41(45-38)27-16-8-5-9-17-27/h3-26H,2H2,1H3/b31-3+. The van der Waals surface area contributed by atoms with Crippen LogP contribution in [-0.2, 0) is 0 Å². The van der Waals surface area contributed by atoms with Crippen molar-refractivity contribution in [3.05, 3.63) is 163 Å². The predicted molar refractivity (Wildman–Crippen MR) is 209 cm³/mol. The van der Waals surface area contributed by atoms with E-state index >= 15 is 0 Å². The molecular weight excluding hydrogens is 647 g/mol. The zero-order valence-electron chi connectivity index (χ0n) is 27.6. The molecule has 0 unspecified atom stereocenters. The van der Waals surface area contributed by atoms with Gasteiger partial charge in [0.25, 0.3) is 0 Å². The number of thiophene rings is 1. The Kier molecular flexibility index (Phi) is 7.60. The van der Waals surface area contributed by atoms with E-state index in [-0.39, 0.29) is 0 Å². The van der Waals surface area contributed by atoms with E-state index in [1.54, 1.807) is 17.4 Å². The van der Waals surface area contributed by atoms with E-state index < -0.39 is 0 Å². The lowest BCUT2D eigenvalue weighted by Gasteiger charge is -2.11. The number of allylic oxidation sites excluding steroid dienone is 1. The first-order valence-corrected chi connectivity index (χ1v) is 17.5. The molecule has 7 heteroatoms. The van der Waals surface area contributed by atoms with Crippen LogP contribution in [0.25, 0.3) is 88.3 Å². The molecule has 6 nitrogen and oxygen atoms in total. The fourth-order valence-electron chi connectivity index (χ4n) is 6.50. The first-order chi connectivity index (χ1) is 25.2. The van der Waals surface area contributed by atoms with Gasteiger partial charge in [-0.25, -0.2) is 24.9 Å². The van der Waals surface area contributed by atoms with Crippen LogP contribution < -0.4 is 0 Å². The lowest BCUT2D eigenvalue weighted by atomic mass is 9.99. The fourth-order valence-corrected chi connectivity index (χ4v) is 7.66. The van der Waals surface area contributed by atoms with Crippen molar-refractivity contribution >= 4 is 54.3 Å². The minimum Gasteiger partial charge on any atom is -0.456 e. The second-order valence-corrected chi connectivity index (χ2v) is 13.1. The van der Waals surface area contributed by atoms with Gasteiger partial charge >= 0.3 is 0 Å². The molecule has 0 bridgehead atoms. The molecule has 5 aromatic carbocycles.